The Morgan fingerprint density at radius 2 is 2.00 bits per heavy atom. The number of amides is 2. The van der Waals surface area contributed by atoms with Crippen LogP contribution in [0.15, 0.2) is 24.3 Å². The molecule has 6 heteroatoms. The van der Waals surface area contributed by atoms with Crippen LogP contribution in [0.25, 0.3) is 0 Å². The lowest BCUT2D eigenvalue weighted by molar-refractivity contribution is -0.146. The highest BCUT2D eigenvalue weighted by molar-refractivity contribution is 5.93. The molecule has 26 heavy (non-hydrogen) atoms. The summed E-state index contributed by atoms with van der Waals surface area (Å²) in [6.07, 6.45) is 3.00. The minimum atomic E-state index is -0.214. The maximum Gasteiger partial charge on any atom is 0.251 e. The second-order valence-corrected chi connectivity index (χ2v) is 7.41. The van der Waals surface area contributed by atoms with Crippen LogP contribution < -0.4 is 5.32 Å². The van der Waals surface area contributed by atoms with Crippen molar-refractivity contribution in [2.45, 2.75) is 25.8 Å². The molecule has 1 N–H and O–H groups in total. The highest BCUT2D eigenvalue weighted by Gasteiger charge is 2.47. The highest BCUT2D eigenvalue weighted by atomic mass is 16.5. The van der Waals surface area contributed by atoms with E-state index in [1.54, 1.807) is 14.2 Å². The summed E-state index contributed by atoms with van der Waals surface area (Å²) < 4.78 is 5.15. The van der Waals surface area contributed by atoms with Gasteiger partial charge in [0.05, 0.1) is 12.0 Å². The quantitative estimate of drug-likeness (QED) is 0.836. The van der Waals surface area contributed by atoms with Crippen LogP contribution in [-0.2, 0) is 16.1 Å². The van der Waals surface area contributed by atoms with E-state index in [0.717, 1.165) is 45.4 Å². The molecule has 1 aromatic carbocycles. The summed E-state index contributed by atoms with van der Waals surface area (Å²) in [5.41, 5.74) is 1.63. The third kappa shape index (κ3) is 3.91. The normalized spacial score (nSPS) is 23.6. The van der Waals surface area contributed by atoms with Gasteiger partial charge in [0.15, 0.2) is 0 Å². The summed E-state index contributed by atoms with van der Waals surface area (Å²) in [5, 5.41) is 2.64. The zero-order chi connectivity index (χ0) is 18.6. The number of carbonyl (C=O) groups is 2. The average molecular weight is 359 g/mol. The number of carbonyl (C=O) groups excluding carboxylic acids is 2. The van der Waals surface area contributed by atoms with E-state index in [2.05, 4.69) is 10.2 Å². The van der Waals surface area contributed by atoms with Gasteiger partial charge in [-0.15, -0.1) is 0 Å². The molecule has 0 bridgehead atoms. The Bertz CT molecular complexity index is 646. The fourth-order valence-corrected chi connectivity index (χ4v) is 4.20. The van der Waals surface area contributed by atoms with Gasteiger partial charge in [0.1, 0.15) is 0 Å². The van der Waals surface area contributed by atoms with Crippen LogP contribution in [0, 0.1) is 5.41 Å². The minimum absolute atomic E-state index is 0.0689. The predicted octanol–water partition coefficient (Wildman–Crippen LogP) is 1.51. The number of nitrogens with one attached hydrogen (secondary N) is 1. The summed E-state index contributed by atoms with van der Waals surface area (Å²) in [6, 6.07) is 7.73. The molecule has 0 saturated carbocycles. The smallest absolute Gasteiger partial charge is 0.251 e. The Balaban J connectivity index is 1.61. The maximum absolute atomic E-state index is 13.0. The molecule has 2 fully saturated rings. The maximum atomic E-state index is 13.0. The highest BCUT2D eigenvalue weighted by Crippen LogP contribution is 2.40. The first-order chi connectivity index (χ1) is 12.6. The lowest BCUT2D eigenvalue weighted by atomic mass is 9.78. The van der Waals surface area contributed by atoms with Gasteiger partial charge in [-0.2, -0.15) is 0 Å². The van der Waals surface area contributed by atoms with Crippen LogP contribution >= 0.6 is 0 Å². The van der Waals surface area contributed by atoms with E-state index in [1.807, 2.05) is 29.2 Å². The van der Waals surface area contributed by atoms with Crippen molar-refractivity contribution in [3.8, 4) is 0 Å². The van der Waals surface area contributed by atoms with E-state index in [9.17, 15) is 9.59 Å². The van der Waals surface area contributed by atoms with Gasteiger partial charge in [-0.1, -0.05) is 12.1 Å². The molecule has 1 spiro atoms. The van der Waals surface area contributed by atoms with Crippen molar-refractivity contribution >= 4 is 11.8 Å². The van der Waals surface area contributed by atoms with E-state index < -0.39 is 0 Å². The van der Waals surface area contributed by atoms with Gasteiger partial charge >= 0.3 is 0 Å². The van der Waals surface area contributed by atoms with E-state index in [1.165, 1.54) is 5.56 Å². The summed E-state index contributed by atoms with van der Waals surface area (Å²) in [5.74, 6) is 0.235. The van der Waals surface area contributed by atoms with Crippen LogP contribution in [0.1, 0.15) is 35.2 Å². The Labute approximate surface area is 155 Å². The van der Waals surface area contributed by atoms with Crippen molar-refractivity contribution in [1.82, 2.24) is 15.1 Å². The molecule has 2 amide bonds. The molecule has 1 unspecified atom stereocenters. The number of ether oxygens (including phenoxy) is 1. The first-order valence-corrected chi connectivity index (χ1v) is 9.40. The van der Waals surface area contributed by atoms with Gasteiger partial charge in [-0.3, -0.25) is 14.5 Å². The molecule has 0 aromatic heterocycles. The Morgan fingerprint density at radius 3 is 2.69 bits per heavy atom. The van der Waals surface area contributed by atoms with Crippen LogP contribution in [0.4, 0.5) is 0 Å². The number of hydrogen-bond acceptors (Lipinski definition) is 4. The fraction of sp³-hybridized carbons (Fsp3) is 0.600. The number of likely N-dealkylation sites (tertiary alicyclic amines) is 2. The standard InChI is InChI=1S/C20H29N3O3/c1-21-18(24)17-6-4-16(5-7-17)14-22-11-9-20(15-22)8-3-10-23(19(20)25)12-13-26-2/h4-7H,3,8-15H2,1-2H3,(H,21,24). The number of benzene rings is 1. The Kier molecular flexibility index (Phi) is 5.94. The minimum Gasteiger partial charge on any atom is -0.383 e. The summed E-state index contributed by atoms with van der Waals surface area (Å²) >= 11 is 0. The second kappa shape index (κ2) is 8.18. The van der Waals surface area contributed by atoms with Gasteiger partial charge < -0.3 is 15.0 Å². The summed E-state index contributed by atoms with van der Waals surface area (Å²) in [7, 11) is 3.31. The van der Waals surface area contributed by atoms with Crippen molar-refractivity contribution < 1.29 is 14.3 Å². The molecule has 3 rings (SSSR count). The van der Waals surface area contributed by atoms with Crippen molar-refractivity contribution in [3.63, 3.8) is 0 Å². The van der Waals surface area contributed by atoms with Gasteiger partial charge in [-0.25, -0.2) is 0 Å². The number of methoxy groups -OCH3 is 1. The SMILES string of the molecule is CNC(=O)c1ccc(CN2CCC3(CCCN(CCOC)C3=O)C2)cc1. The van der Waals surface area contributed by atoms with E-state index in [4.69, 9.17) is 4.74 Å². The van der Waals surface area contributed by atoms with E-state index in [-0.39, 0.29) is 11.3 Å². The van der Waals surface area contributed by atoms with Gasteiger partial charge in [-0.05, 0) is 43.5 Å². The van der Waals surface area contributed by atoms with Gasteiger partial charge in [0.25, 0.3) is 5.91 Å². The van der Waals surface area contributed by atoms with Crippen LogP contribution in [-0.4, -0.2) is 68.6 Å². The zero-order valence-electron chi connectivity index (χ0n) is 15.8. The van der Waals surface area contributed by atoms with Gasteiger partial charge in [0.2, 0.25) is 5.91 Å². The second-order valence-electron chi connectivity index (χ2n) is 7.41. The average Bonchev–Trinajstić information content (AvgIpc) is 3.06. The van der Waals surface area contributed by atoms with Crippen molar-refractivity contribution in [2.75, 3.05) is 46.9 Å². The largest absolute Gasteiger partial charge is 0.383 e. The topological polar surface area (TPSA) is 61.9 Å². The monoisotopic (exact) mass is 359 g/mol. The molecule has 0 aliphatic carbocycles. The Morgan fingerprint density at radius 1 is 1.23 bits per heavy atom. The molecule has 1 aromatic rings. The van der Waals surface area contributed by atoms with Crippen molar-refractivity contribution in [1.29, 1.82) is 0 Å². The molecule has 1 atom stereocenters. The third-order valence-electron chi connectivity index (χ3n) is 5.67. The molecular formula is C20H29N3O3. The van der Waals surface area contributed by atoms with Crippen LogP contribution in [0.3, 0.4) is 0 Å². The first kappa shape index (κ1) is 18.9. The molecule has 0 radical (unpaired) electrons. The van der Waals surface area contributed by atoms with Crippen molar-refractivity contribution in [3.05, 3.63) is 35.4 Å². The molecule has 142 valence electrons. The van der Waals surface area contributed by atoms with E-state index in [0.29, 0.717) is 24.6 Å². The Hall–Kier alpha value is -1.92. The fourth-order valence-electron chi connectivity index (χ4n) is 4.20. The molecule has 6 nitrogen and oxygen atoms in total. The van der Waals surface area contributed by atoms with E-state index >= 15 is 0 Å². The zero-order valence-corrected chi connectivity index (χ0v) is 15.8. The number of rotatable bonds is 6. The lowest BCUT2D eigenvalue weighted by Gasteiger charge is -2.39. The van der Waals surface area contributed by atoms with Gasteiger partial charge in [0, 0.05) is 45.9 Å². The number of piperidine rings is 1. The van der Waals surface area contributed by atoms with Crippen LogP contribution in [0.5, 0.6) is 0 Å². The first-order valence-electron chi connectivity index (χ1n) is 9.40. The molecular weight excluding hydrogens is 330 g/mol. The molecule has 2 saturated heterocycles. The number of hydrogen-bond donors (Lipinski definition) is 1. The number of nitrogens with zero attached hydrogens (tertiary/aromatic N) is 2. The molecule has 2 heterocycles. The third-order valence-corrected chi connectivity index (χ3v) is 5.67. The lowest BCUT2D eigenvalue weighted by Crippen LogP contribution is -2.50. The summed E-state index contributed by atoms with van der Waals surface area (Å²) in [6.45, 7) is 4.74. The molecule has 2 aliphatic rings. The van der Waals surface area contributed by atoms with Crippen LogP contribution in [0.2, 0.25) is 0 Å². The van der Waals surface area contributed by atoms with Crippen molar-refractivity contribution in [2.24, 2.45) is 5.41 Å². The molecule has 2 aliphatic heterocycles. The summed E-state index contributed by atoms with van der Waals surface area (Å²) in [4.78, 5) is 29.0. The predicted molar refractivity (Wildman–Crippen MR) is 99.8 cm³/mol.